The smallest absolute Gasteiger partial charge is 0.119 e. The highest BCUT2D eigenvalue weighted by Crippen LogP contribution is 2.15. The van der Waals surface area contributed by atoms with Crippen LogP contribution in [0.25, 0.3) is 0 Å². The number of aryl methyl sites for hydroxylation is 1. The molecule has 0 heterocycles. The lowest BCUT2D eigenvalue weighted by molar-refractivity contribution is -0.0273. The highest BCUT2D eigenvalue weighted by molar-refractivity contribution is 5.27. The van der Waals surface area contributed by atoms with Gasteiger partial charge in [0, 0.05) is 7.11 Å². The minimum atomic E-state index is 0.515. The number of rotatable bonds is 41. The Hall–Kier alpha value is -1.42. The molecule has 0 radical (unpaired) electrons. The number of hydrogen-bond donors (Lipinski definition) is 0. The Labute approximate surface area is 296 Å². The van der Waals surface area contributed by atoms with Crippen molar-refractivity contribution in [2.24, 2.45) is 0 Å². The van der Waals surface area contributed by atoms with Gasteiger partial charge in [-0.3, -0.25) is 0 Å². The molecular formula is C37H68O12. The van der Waals surface area contributed by atoms with Gasteiger partial charge in [0.2, 0.25) is 0 Å². The Kier molecular flexibility index (Phi) is 36.6. The molecule has 0 aliphatic carbocycles. The number of benzene rings is 1. The second kappa shape index (κ2) is 39.4. The molecule has 0 saturated heterocycles. The van der Waals surface area contributed by atoms with Crippen LogP contribution in [0.3, 0.4) is 0 Å². The van der Waals surface area contributed by atoms with Crippen LogP contribution < -0.4 is 4.74 Å². The Balaban J connectivity index is 1.69. The first kappa shape index (κ1) is 45.6. The highest BCUT2D eigenvalue weighted by atomic mass is 16.6. The standard InChI is InChI=1S/C37H68O12/c1-3-4-5-6-7-8-9-36-10-12-37(13-11-36)49-35-34-48-33-32-47-31-30-46-29-28-45-27-26-44-25-24-43-23-22-42-21-20-41-19-18-40-17-16-39-15-14-38-2/h10-13H,3-9,14-35H2,1-2H3. The Morgan fingerprint density at radius 1 is 0.347 bits per heavy atom. The van der Waals surface area contributed by atoms with Crippen molar-refractivity contribution < 1.29 is 56.8 Å². The van der Waals surface area contributed by atoms with E-state index >= 15 is 0 Å². The molecule has 0 amide bonds. The first-order chi connectivity index (χ1) is 24.4. The molecule has 1 aromatic rings. The van der Waals surface area contributed by atoms with E-state index in [1.54, 1.807) is 7.11 Å². The van der Waals surface area contributed by atoms with Gasteiger partial charge < -0.3 is 56.8 Å². The van der Waals surface area contributed by atoms with Gasteiger partial charge in [-0.15, -0.1) is 0 Å². The van der Waals surface area contributed by atoms with Crippen LogP contribution in [-0.4, -0.2) is 152 Å². The van der Waals surface area contributed by atoms with Gasteiger partial charge in [-0.1, -0.05) is 51.2 Å². The molecule has 12 heteroatoms. The number of hydrogen-bond acceptors (Lipinski definition) is 12. The molecule has 1 rings (SSSR count). The van der Waals surface area contributed by atoms with Crippen LogP contribution in [0, 0.1) is 0 Å². The van der Waals surface area contributed by atoms with Crippen molar-refractivity contribution >= 4 is 0 Å². The molecular weight excluding hydrogens is 636 g/mol. The Bertz CT molecular complexity index is 755. The summed E-state index contributed by atoms with van der Waals surface area (Å²) < 4.78 is 65.4. The van der Waals surface area contributed by atoms with Crippen molar-refractivity contribution in [2.75, 3.05) is 152 Å². The molecule has 0 spiro atoms. The fourth-order valence-electron chi connectivity index (χ4n) is 4.30. The van der Waals surface area contributed by atoms with Gasteiger partial charge in [0.15, 0.2) is 0 Å². The molecule has 1 aromatic carbocycles. The molecule has 288 valence electrons. The van der Waals surface area contributed by atoms with E-state index in [0.29, 0.717) is 145 Å². The predicted octanol–water partition coefficient (Wildman–Crippen LogP) is 4.78. The fraction of sp³-hybridized carbons (Fsp3) is 0.838. The van der Waals surface area contributed by atoms with E-state index in [9.17, 15) is 0 Å². The number of ether oxygens (including phenoxy) is 12. The van der Waals surface area contributed by atoms with Crippen molar-refractivity contribution in [3.63, 3.8) is 0 Å². The molecule has 0 saturated carbocycles. The van der Waals surface area contributed by atoms with Crippen molar-refractivity contribution in [2.45, 2.75) is 51.9 Å². The van der Waals surface area contributed by atoms with Crippen molar-refractivity contribution in [1.82, 2.24) is 0 Å². The van der Waals surface area contributed by atoms with Crippen LogP contribution in [0.5, 0.6) is 5.75 Å². The second-order valence-electron chi connectivity index (χ2n) is 11.1. The normalized spacial score (nSPS) is 11.5. The monoisotopic (exact) mass is 704 g/mol. The van der Waals surface area contributed by atoms with Gasteiger partial charge in [-0.05, 0) is 30.5 Å². The largest absolute Gasteiger partial charge is 0.491 e. The maximum absolute atomic E-state index is 5.77. The summed E-state index contributed by atoms with van der Waals surface area (Å²) in [5.74, 6) is 0.886. The topological polar surface area (TPSA) is 111 Å². The van der Waals surface area contributed by atoms with Crippen LogP contribution in [0.2, 0.25) is 0 Å². The molecule has 49 heavy (non-hydrogen) atoms. The first-order valence-electron chi connectivity index (χ1n) is 18.3. The van der Waals surface area contributed by atoms with Gasteiger partial charge in [0.05, 0.1) is 139 Å². The van der Waals surface area contributed by atoms with E-state index in [2.05, 4.69) is 31.2 Å². The average Bonchev–Trinajstić information content (AvgIpc) is 3.12. The number of methoxy groups -OCH3 is 1. The van der Waals surface area contributed by atoms with Gasteiger partial charge >= 0.3 is 0 Å². The van der Waals surface area contributed by atoms with E-state index in [1.807, 2.05) is 0 Å². The van der Waals surface area contributed by atoms with E-state index < -0.39 is 0 Å². The Morgan fingerprint density at radius 3 is 1.00 bits per heavy atom. The lowest BCUT2D eigenvalue weighted by Gasteiger charge is -2.09. The minimum absolute atomic E-state index is 0.515. The molecule has 0 aromatic heterocycles. The van der Waals surface area contributed by atoms with Crippen LogP contribution in [0.1, 0.15) is 51.0 Å². The maximum Gasteiger partial charge on any atom is 0.119 e. The van der Waals surface area contributed by atoms with Crippen LogP contribution in [0.15, 0.2) is 24.3 Å². The maximum atomic E-state index is 5.77. The third-order valence-corrected chi connectivity index (χ3v) is 7.02. The molecule has 0 aliphatic heterocycles. The van der Waals surface area contributed by atoms with Crippen LogP contribution in [-0.2, 0) is 58.5 Å². The highest BCUT2D eigenvalue weighted by Gasteiger charge is 1.99. The van der Waals surface area contributed by atoms with Crippen molar-refractivity contribution in [1.29, 1.82) is 0 Å². The second-order valence-corrected chi connectivity index (χ2v) is 11.1. The average molecular weight is 705 g/mol. The summed E-state index contributed by atoms with van der Waals surface area (Å²) in [4.78, 5) is 0. The van der Waals surface area contributed by atoms with Gasteiger partial charge in [-0.2, -0.15) is 0 Å². The molecule has 0 fully saturated rings. The summed E-state index contributed by atoms with van der Waals surface area (Å²) in [6.45, 7) is 14.0. The quantitative estimate of drug-likeness (QED) is 0.0876. The van der Waals surface area contributed by atoms with E-state index in [-0.39, 0.29) is 0 Å². The minimum Gasteiger partial charge on any atom is -0.491 e. The number of unbranched alkanes of at least 4 members (excludes halogenated alkanes) is 5. The van der Waals surface area contributed by atoms with E-state index in [4.69, 9.17) is 56.8 Å². The van der Waals surface area contributed by atoms with Gasteiger partial charge in [0.1, 0.15) is 12.4 Å². The lowest BCUT2D eigenvalue weighted by Crippen LogP contribution is -2.15. The van der Waals surface area contributed by atoms with E-state index in [0.717, 1.165) is 12.2 Å². The molecule has 0 aliphatic rings. The summed E-state index contributed by atoms with van der Waals surface area (Å²) in [5.41, 5.74) is 1.38. The van der Waals surface area contributed by atoms with Gasteiger partial charge in [-0.25, -0.2) is 0 Å². The summed E-state index contributed by atoms with van der Waals surface area (Å²) in [7, 11) is 1.65. The van der Waals surface area contributed by atoms with Crippen LogP contribution >= 0.6 is 0 Å². The van der Waals surface area contributed by atoms with Crippen LogP contribution in [0.4, 0.5) is 0 Å². The summed E-state index contributed by atoms with van der Waals surface area (Å²) in [6, 6.07) is 8.44. The zero-order valence-corrected chi connectivity index (χ0v) is 30.7. The zero-order chi connectivity index (χ0) is 35.0. The summed E-state index contributed by atoms with van der Waals surface area (Å²) in [6.07, 6.45) is 9.09. The van der Waals surface area contributed by atoms with Crippen molar-refractivity contribution in [3.8, 4) is 5.75 Å². The molecule has 0 unspecified atom stereocenters. The lowest BCUT2D eigenvalue weighted by atomic mass is 10.0. The zero-order valence-electron chi connectivity index (χ0n) is 30.7. The SMILES string of the molecule is CCCCCCCCc1ccc(OCCOCCOCCOCCOCCOCCOCCOCCOCCOCCOCCOC)cc1. The molecule has 12 nitrogen and oxygen atoms in total. The van der Waals surface area contributed by atoms with E-state index in [1.165, 1.54) is 44.1 Å². The summed E-state index contributed by atoms with van der Waals surface area (Å²) in [5, 5.41) is 0. The van der Waals surface area contributed by atoms with Gasteiger partial charge in [0.25, 0.3) is 0 Å². The predicted molar refractivity (Wildman–Crippen MR) is 189 cm³/mol. The fourth-order valence-corrected chi connectivity index (χ4v) is 4.30. The summed E-state index contributed by atoms with van der Waals surface area (Å²) >= 11 is 0. The Morgan fingerprint density at radius 2 is 0.653 bits per heavy atom. The van der Waals surface area contributed by atoms with Crippen molar-refractivity contribution in [3.05, 3.63) is 29.8 Å². The third kappa shape index (κ3) is 34.8. The molecule has 0 bridgehead atoms. The third-order valence-electron chi connectivity index (χ3n) is 7.02. The molecule has 0 N–H and O–H groups in total. The molecule has 0 atom stereocenters. The first-order valence-corrected chi connectivity index (χ1v) is 18.3.